The second-order valence-corrected chi connectivity index (χ2v) is 4.74. The van der Waals surface area contributed by atoms with Gasteiger partial charge in [0.1, 0.15) is 0 Å². The van der Waals surface area contributed by atoms with Gasteiger partial charge in [0.25, 0.3) is 0 Å². The molecule has 0 aliphatic carbocycles. The van der Waals surface area contributed by atoms with Gasteiger partial charge in [-0.15, -0.1) is 0 Å². The number of hydrogen-bond donors (Lipinski definition) is 1. The summed E-state index contributed by atoms with van der Waals surface area (Å²) in [7, 11) is 2.09. The van der Waals surface area contributed by atoms with E-state index in [2.05, 4.69) is 37.3 Å². The van der Waals surface area contributed by atoms with Crippen molar-refractivity contribution in [3.63, 3.8) is 0 Å². The fraction of sp³-hybridized carbons (Fsp3) is 0.571. The highest BCUT2D eigenvalue weighted by Crippen LogP contribution is 2.16. The molecule has 1 aliphatic heterocycles. The molecule has 16 heavy (non-hydrogen) atoms. The van der Waals surface area contributed by atoms with Crippen LogP contribution in [0.2, 0.25) is 0 Å². The van der Waals surface area contributed by atoms with Crippen molar-refractivity contribution in [2.75, 3.05) is 20.1 Å². The van der Waals surface area contributed by atoms with Gasteiger partial charge in [0.2, 0.25) is 0 Å². The molecular formula is C14H24N2. The maximum absolute atomic E-state index is 4.02. The fourth-order valence-corrected chi connectivity index (χ4v) is 2.04. The predicted molar refractivity (Wildman–Crippen MR) is 71.3 cm³/mol. The van der Waals surface area contributed by atoms with Crippen LogP contribution in [0.1, 0.15) is 19.8 Å². The van der Waals surface area contributed by atoms with Gasteiger partial charge in [-0.1, -0.05) is 32.2 Å². The maximum atomic E-state index is 4.02. The number of nitrogens with zero attached hydrogens (tertiary/aromatic N) is 1. The van der Waals surface area contributed by atoms with Crippen LogP contribution in [0.5, 0.6) is 0 Å². The summed E-state index contributed by atoms with van der Waals surface area (Å²) in [4.78, 5) is 2.20. The SMILES string of the molecule is C=C/C=C\C(=C)N(C)CCC1CC(C)CN1. The van der Waals surface area contributed by atoms with Crippen molar-refractivity contribution >= 4 is 0 Å². The lowest BCUT2D eigenvalue weighted by atomic mass is 10.1. The molecule has 1 heterocycles. The van der Waals surface area contributed by atoms with E-state index in [4.69, 9.17) is 0 Å². The quantitative estimate of drug-likeness (QED) is 0.692. The highest BCUT2D eigenvalue weighted by atomic mass is 15.1. The maximum Gasteiger partial charge on any atom is 0.0290 e. The third kappa shape index (κ3) is 4.23. The van der Waals surface area contributed by atoms with Crippen molar-refractivity contribution in [2.45, 2.75) is 25.8 Å². The Morgan fingerprint density at radius 1 is 1.56 bits per heavy atom. The summed E-state index contributed by atoms with van der Waals surface area (Å²) in [6.45, 7) is 12.2. The van der Waals surface area contributed by atoms with Crippen molar-refractivity contribution in [1.29, 1.82) is 0 Å². The van der Waals surface area contributed by atoms with Gasteiger partial charge in [-0.3, -0.25) is 0 Å². The number of nitrogens with one attached hydrogen (secondary N) is 1. The van der Waals surface area contributed by atoms with Crippen LogP contribution < -0.4 is 5.32 Å². The molecule has 1 N–H and O–H groups in total. The lowest BCUT2D eigenvalue weighted by molar-refractivity contribution is 0.386. The first-order chi connectivity index (χ1) is 7.63. The van der Waals surface area contributed by atoms with Crippen LogP contribution in [0.3, 0.4) is 0 Å². The van der Waals surface area contributed by atoms with Crippen LogP contribution in [0.15, 0.2) is 37.1 Å². The Hall–Kier alpha value is -1.02. The van der Waals surface area contributed by atoms with Crippen LogP contribution in [-0.4, -0.2) is 31.1 Å². The van der Waals surface area contributed by atoms with E-state index in [1.54, 1.807) is 6.08 Å². The van der Waals surface area contributed by atoms with E-state index in [-0.39, 0.29) is 0 Å². The molecule has 0 amide bonds. The molecule has 2 heteroatoms. The van der Waals surface area contributed by atoms with E-state index < -0.39 is 0 Å². The van der Waals surface area contributed by atoms with Gasteiger partial charge in [0.05, 0.1) is 0 Å². The van der Waals surface area contributed by atoms with Crippen molar-refractivity contribution in [3.8, 4) is 0 Å². The lowest BCUT2D eigenvalue weighted by Crippen LogP contribution is -2.27. The average molecular weight is 220 g/mol. The van der Waals surface area contributed by atoms with Crippen molar-refractivity contribution in [1.82, 2.24) is 10.2 Å². The van der Waals surface area contributed by atoms with Crippen LogP contribution in [0.25, 0.3) is 0 Å². The molecule has 2 unspecified atom stereocenters. The topological polar surface area (TPSA) is 15.3 Å². The minimum absolute atomic E-state index is 0.689. The molecule has 0 saturated carbocycles. The van der Waals surface area contributed by atoms with Crippen LogP contribution in [0, 0.1) is 5.92 Å². The van der Waals surface area contributed by atoms with Crippen molar-refractivity contribution in [3.05, 3.63) is 37.1 Å². The molecule has 0 spiro atoms. The van der Waals surface area contributed by atoms with E-state index in [1.807, 2.05) is 12.2 Å². The standard InChI is InChI=1S/C14H24N2/c1-5-6-7-13(3)16(4)9-8-14-10-12(2)11-15-14/h5-7,12,14-15H,1,3,8-11H2,2,4H3/b7-6-. The highest BCUT2D eigenvalue weighted by molar-refractivity contribution is 5.16. The summed E-state index contributed by atoms with van der Waals surface area (Å²) in [6, 6.07) is 0.689. The van der Waals surface area contributed by atoms with Gasteiger partial charge in [-0.25, -0.2) is 0 Å². The molecule has 0 bridgehead atoms. The van der Waals surface area contributed by atoms with E-state index in [0.29, 0.717) is 6.04 Å². The Morgan fingerprint density at radius 2 is 2.31 bits per heavy atom. The highest BCUT2D eigenvalue weighted by Gasteiger charge is 2.20. The molecule has 2 atom stereocenters. The predicted octanol–water partition coefficient (Wildman–Crippen LogP) is 2.56. The first kappa shape index (κ1) is 13.0. The lowest BCUT2D eigenvalue weighted by Gasteiger charge is -2.21. The zero-order chi connectivity index (χ0) is 12.0. The minimum atomic E-state index is 0.689. The first-order valence-electron chi connectivity index (χ1n) is 6.06. The van der Waals surface area contributed by atoms with Crippen molar-refractivity contribution in [2.24, 2.45) is 5.92 Å². The van der Waals surface area contributed by atoms with Crippen LogP contribution in [0.4, 0.5) is 0 Å². The zero-order valence-electron chi connectivity index (χ0n) is 10.6. The summed E-state index contributed by atoms with van der Waals surface area (Å²) in [5.41, 5.74) is 1.05. The van der Waals surface area contributed by atoms with Gasteiger partial charge in [0, 0.05) is 25.3 Å². The molecule has 1 saturated heterocycles. The second kappa shape index (κ2) is 6.54. The summed E-state index contributed by atoms with van der Waals surface area (Å²) in [6.07, 6.45) is 8.20. The second-order valence-electron chi connectivity index (χ2n) is 4.74. The van der Waals surface area contributed by atoms with E-state index in [1.165, 1.54) is 19.4 Å². The fourth-order valence-electron chi connectivity index (χ4n) is 2.04. The number of allylic oxidation sites excluding steroid dienone is 3. The molecule has 1 aliphatic rings. The minimum Gasteiger partial charge on any atom is -0.375 e. The molecule has 1 fully saturated rings. The average Bonchev–Trinajstić information content (AvgIpc) is 2.68. The molecule has 1 rings (SSSR count). The van der Waals surface area contributed by atoms with E-state index >= 15 is 0 Å². The summed E-state index contributed by atoms with van der Waals surface area (Å²) in [5, 5.41) is 3.55. The Labute approximate surface area is 99.7 Å². The van der Waals surface area contributed by atoms with Gasteiger partial charge in [-0.05, 0) is 31.4 Å². The molecule has 90 valence electrons. The summed E-state index contributed by atoms with van der Waals surface area (Å²) < 4.78 is 0. The number of rotatable bonds is 6. The Bertz CT molecular complexity index is 268. The Kier molecular flexibility index (Phi) is 5.33. The molecule has 0 aromatic heterocycles. The zero-order valence-corrected chi connectivity index (χ0v) is 10.6. The Balaban J connectivity index is 2.24. The largest absolute Gasteiger partial charge is 0.375 e. The third-order valence-corrected chi connectivity index (χ3v) is 3.17. The van der Waals surface area contributed by atoms with E-state index in [9.17, 15) is 0 Å². The molecule has 0 aromatic carbocycles. The molecule has 0 aromatic rings. The van der Waals surface area contributed by atoms with Crippen LogP contribution in [-0.2, 0) is 0 Å². The van der Waals surface area contributed by atoms with Gasteiger partial charge in [-0.2, -0.15) is 0 Å². The molecule has 0 radical (unpaired) electrons. The normalized spacial score (nSPS) is 24.9. The summed E-state index contributed by atoms with van der Waals surface area (Å²) in [5.74, 6) is 0.833. The molecular weight excluding hydrogens is 196 g/mol. The third-order valence-electron chi connectivity index (χ3n) is 3.17. The Morgan fingerprint density at radius 3 is 2.88 bits per heavy atom. The van der Waals surface area contributed by atoms with Crippen molar-refractivity contribution < 1.29 is 0 Å². The smallest absolute Gasteiger partial charge is 0.0290 e. The van der Waals surface area contributed by atoms with E-state index in [0.717, 1.165) is 18.2 Å². The number of hydrogen-bond acceptors (Lipinski definition) is 2. The van der Waals surface area contributed by atoms with Gasteiger partial charge in [0.15, 0.2) is 0 Å². The summed E-state index contributed by atoms with van der Waals surface area (Å²) >= 11 is 0. The first-order valence-corrected chi connectivity index (χ1v) is 6.06. The monoisotopic (exact) mass is 220 g/mol. The van der Waals surface area contributed by atoms with Gasteiger partial charge < -0.3 is 10.2 Å². The number of likely N-dealkylation sites (N-methyl/N-ethyl adjacent to an activating group) is 1. The van der Waals surface area contributed by atoms with Gasteiger partial charge >= 0.3 is 0 Å². The van der Waals surface area contributed by atoms with Crippen LogP contribution >= 0.6 is 0 Å². The molecule has 2 nitrogen and oxygen atoms in total.